The highest BCUT2D eigenvalue weighted by Crippen LogP contribution is 2.30. The van der Waals surface area contributed by atoms with E-state index in [1.165, 1.54) is 0 Å². The molecular weight excluding hydrogens is 292 g/mol. The van der Waals surface area contributed by atoms with Crippen LogP contribution in [-0.2, 0) is 11.8 Å². The minimum Gasteiger partial charge on any atom is -0.381 e. The molecule has 2 fully saturated rings. The van der Waals surface area contributed by atoms with Gasteiger partial charge in [0, 0.05) is 44.8 Å². The molecule has 0 spiro atoms. The normalized spacial score (nSPS) is 25.2. The first-order valence-electron chi connectivity index (χ1n) is 8.46. The molecule has 0 radical (unpaired) electrons. The molecule has 3 rings (SSSR count). The van der Waals surface area contributed by atoms with Crippen LogP contribution in [0.15, 0.2) is 6.20 Å². The molecule has 1 saturated carbocycles. The van der Waals surface area contributed by atoms with Gasteiger partial charge in [0.15, 0.2) is 0 Å². The smallest absolute Gasteiger partial charge is 0.254 e. The van der Waals surface area contributed by atoms with Crippen molar-refractivity contribution in [1.29, 1.82) is 5.26 Å². The third-order valence-electron chi connectivity index (χ3n) is 4.97. The third kappa shape index (κ3) is 3.73. The second kappa shape index (κ2) is 7.14. The molecule has 124 valence electrons. The van der Waals surface area contributed by atoms with Crippen LogP contribution >= 0.6 is 0 Å². The molecule has 2 aliphatic rings. The first-order chi connectivity index (χ1) is 11.2. The van der Waals surface area contributed by atoms with Gasteiger partial charge < -0.3 is 10.1 Å². The average molecular weight is 316 g/mol. The molecule has 2 heterocycles. The Kier molecular flexibility index (Phi) is 4.97. The predicted octanol–water partition coefficient (Wildman–Crippen LogP) is 2.13. The minimum atomic E-state index is -0.0257. The topological polar surface area (TPSA) is 79.9 Å². The lowest BCUT2D eigenvalue weighted by molar-refractivity contribution is 0.0831. The lowest BCUT2D eigenvalue weighted by Gasteiger charge is -2.21. The van der Waals surface area contributed by atoms with Crippen molar-refractivity contribution < 1.29 is 9.53 Å². The molecule has 0 bridgehead atoms. The lowest BCUT2D eigenvalue weighted by atomic mass is 9.93. The maximum Gasteiger partial charge on any atom is 0.254 e. The van der Waals surface area contributed by atoms with E-state index in [-0.39, 0.29) is 11.9 Å². The number of amides is 1. The quantitative estimate of drug-likeness (QED) is 0.922. The summed E-state index contributed by atoms with van der Waals surface area (Å²) in [6, 6.07) is 2.42. The van der Waals surface area contributed by atoms with Gasteiger partial charge in [-0.25, -0.2) is 0 Å². The van der Waals surface area contributed by atoms with Crippen molar-refractivity contribution in [3.05, 3.63) is 17.5 Å². The van der Waals surface area contributed by atoms with Crippen LogP contribution in [0.1, 0.15) is 60.5 Å². The third-order valence-corrected chi connectivity index (χ3v) is 4.97. The highest BCUT2D eigenvalue weighted by Gasteiger charge is 2.29. The highest BCUT2D eigenvalue weighted by atomic mass is 16.5. The predicted molar refractivity (Wildman–Crippen MR) is 84.8 cm³/mol. The SMILES string of the molecule is Cn1cc(C(=O)N[C@H]2CC[C@@H](CC#N)C2)c(C2CCOCC2)n1. The summed E-state index contributed by atoms with van der Waals surface area (Å²) in [6.07, 6.45) is 7.15. The number of hydrogen-bond acceptors (Lipinski definition) is 4. The second-order valence-electron chi connectivity index (χ2n) is 6.70. The largest absolute Gasteiger partial charge is 0.381 e. The van der Waals surface area contributed by atoms with E-state index in [9.17, 15) is 4.79 Å². The van der Waals surface area contributed by atoms with Crippen LogP contribution in [0.3, 0.4) is 0 Å². The summed E-state index contributed by atoms with van der Waals surface area (Å²) in [6.45, 7) is 1.47. The van der Waals surface area contributed by atoms with Gasteiger partial charge in [0.25, 0.3) is 5.91 Å². The zero-order valence-corrected chi connectivity index (χ0v) is 13.6. The number of ether oxygens (including phenoxy) is 1. The van der Waals surface area contributed by atoms with Gasteiger partial charge in [-0.2, -0.15) is 10.4 Å². The van der Waals surface area contributed by atoms with Crippen molar-refractivity contribution >= 4 is 5.91 Å². The van der Waals surface area contributed by atoms with E-state index in [4.69, 9.17) is 10.00 Å². The van der Waals surface area contributed by atoms with Crippen molar-refractivity contribution in [2.24, 2.45) is 13.0 Å². The molecule has 2 atom stereocenters. The van der Waals surface area contributed by atoms with Crippen molar-refractivity contribution in [2.75, 3.05) is 13.2 Å². The molecule has 1 aliphatic carbocycles. The Morgan fingerprint density at radius 1 is 1.43 bits per heavy atom. The summed E-state index contributed by atoms with van der Waals surface area (Å²) < 4.78 is 7.14. The van der Waals surface area contributed by atoms with Crippen molar-refractivity contribution in [3.63, 3.8) is 0 Å². The Hall–Kier alpha value is -1.87. The van der Waals surface area contributed by atoms with E-state index >= 15 is 0 Å². The maximum atomic E-state index is 12.7. The van der Waals surface area contributed by atoms with Gasteiger partial charge in [0.1, 0.15) is 0 Å². The Balaban J connectivity index is 1.67. The van der Waals surface area contributed by atoms with Crippen molar-refractivity contribution in [1.82, 2.24) is 15.1 Å². The summed E-state index contributed by atoms with van der Waals surface area (Å²) in [5, 5.41) is 16.5. The Labute approximate surface area is 136 Å². The minimum absolute atomic E-state index is 0.0257. The molecule has 1 saturated heterocycles. The molecule has 6 nitrogen and oxygen atoms in total. The van der Waals surface area contributed by atoms with Crippen LogP contribution in [0.25, 0.3) is 0 Å². The van der Waals surface area contributed by atoms with Gasteiger partial charge in [0.2, 0.25) is 0 Å². The van der Waals surface area contributed by atoms with Crippen LogP contribution < -0.4 is 5.32 Å². The lowest BCUT2D eigenvalue weighted by Crippen LogP contribution is -2.33. The van der Waals surface area contributed by atoms with Crippen molar-refractivity contribution in [2.45, 2.75) is 50.5 Å². The molecule has 1 aliphatic heterocycles. The fourth-order valence-corrected chi connectivity index (χ4v) is 3.74. The van der Waals surface area contributed by atoms with Crippen LogP contribution in [0.4, 0.5) is 0 Å². The second-order valence-corrected chi connectivity index (χ2v) is 6.70. The molecule has 23 heavy (non-hydrogen) atoms. The summed E-state index contributed by atoms with van der Waals surface area (Å²) in [7, 11) is 1.86. The average Bonchev–Trinajstić information content (AvgIpc) is 3.15. The first kappa shape index (κ1) is 16.0. The number of carbonyl (C=O) groups excluding carboxylic acids is 1. The Morgan fingerprint density at radius 3 is 2.96 bits per heavy atom. The van der Waals surface area contributed by atoms with E-state index in [2.05, 4.69) is 16.5 Å². The monoisotopic (exact) mass is 316 g/mol. The summed E-state index contributed by atoms with van der Waals surface area (Å²) >= 11 is 0. The zero-order chi connectivity index (χ0) is 16.2. The molecule has 1 amide bonds. The van der Waals surface area contributed by atoms with E-state index < -0.39 is 0 Å². The fourth-order valence-electron chi connectivity index (χ4n) is 3.74. The van der Waals surface area contributed by atoms with Gasteiger partial charge in [-0.15, -0.1) is 0 Å². The number of aryl methyl sites for hydroxylation is 1. The fraction of sp³-hybridized carbons (Fsp3) is 0.706. The van der Waals surface area contributed by atoms with Crippen LogP contribution in [-0.4, -0.2) is 34.9 Å². The summed E-state index contributed by atoms with van der Waals surface area (Å²) in [5.74, 6) is 0.706. The molecular formula is C17H24N4O2. The number of hydrogen-bond donors (Lipinski definition) is 1. The highest BCUT2D eigenvalue weighted by molar-refractivity contribution is 5.95. The van der Waals surface area contributed by atoms with Crippen LogP contribution in [0, 0.1) is 17.2 Å². The van der Waals surface area contributed by atoms with Gasteiger partial charge in [0.05, 0.1) is 17.3 Å². The van der Waals surface area contributed by atoms with E-state index in [1.807, 2.05) is 13.2 Å². The van der Waals surface area contributed by atoms with Crippen LogP contribution in [0.5, 0.6) is 0 Å². The number of nitriles is 1. The summed E-state index contributed by atoms with van der Waals surface area (Å²) in [4.78, 5) is 12.7. The number of rotatable bonds is 4. The Bertz CT molecular complexity index is 598. The van der Waals surface area contributed by atoms with Crippen molar-refractivity contribution in [3.8, 4) is 6.07 Å². The van der Waals surface area contributed by atoms with Crippen LogP contribution in [0.2, 0.25) is 0 Å². The van der Waals surface area contributed by atoms with Gasteiger partial charge in [-0.3, -0.25) is 9.48 Å². The molecule has 6 heteroatoms. The summed E-state index contributed by atoms with van der Waals surface area (Å²) in [5.41, 5.74) is 1.60. The van der Waals surface area contributed by atoms with E-state index in [0.29, 0.717) is 23.8 Å². The number of aromatic nitrogens is 2. The first-order valence-corrected chi connectivity index (χ1v) is 8.46. The molecule has 1 aromatic rings. The Morgan fingerprint density at radius 2 is 2.22 bits per heavy atom. The number of nitrogens with zero attached hydrogens (tertiary/aromatic N) is 3. The zero-order valence-electron chi connectivity index (χ0n) is 13.6. The standard InChI is InChI=1S/C17H24N4O2/c1-21-11-15(16(20-21)13-5-8-23-9-6-13)17(22)19-14-3-2-12(10-14)4-7-18/h11-14H,2-6,8-10H2,1H3,(H,19,22)/t12-,14-/m0/s1. The number of nitrogens with one attached hydrogen (secondary N) is 1. The molecule has 1 aromatic heterocycles. The molecule has 1 N–H and O–H groups in total. The molecule has 0 aromatic carbocycles. The van der Waals surface area contributed by atoms with Gasteiger partial charge >= 0.3 is 0 Å². The van der Waals surface area contributed by atoms with Gasteiger partial charge in [-0.1, -0.05) is 0 Å². The molecule has 0 unspecified atom stereocenters. The van der Waals surface area contributed by atoms with Gasteiger partial charge in [-0.05, 0) is 38.0 Å². The number of carbonyl (C=O) groups is 1. The van der Waals surface area contributed by atoms with E-state index in [1.54, 1.807) is 4.68 Å². The maximum absolute atomic E-state index is 12.7. The van der Waals surface area contributed by atoms with E-state index in [0.717, 1.165) is 51.0 Å².